The van der Waals surface area contributed by atoms with E-state index >= 15 is 0 Å². The van der Waals surface area contributed by atoms with Crippen molar-refractivity contribution in [2.45, 2.75) is 51.3 Å². The number of carbonyl (C=O) groups is 1. The van der Waals surface area contributed by atoms with Gasteiger partial charge in [0.05, 0.1) is 12.2 Å². The highest BCUT2D eigenvalue weighted by atomic mass is 16.8. The Balaban J connectivity index is 1.87. The van der Waals surface area contributed by atoms with Gasteiger partial charge in [0.2, 0.25) is 5.78 Å². The molecule has 0 unspecified atom stereocenters. The third kappa shape index (κ3) is 2.47. The summed E-state index contributed by atoms with van der Waals surface area (Å²) in [6, 6.07) is 19.8. The van der Waals surface area contributed by atoms with Crippen molar-refractivity contribution in [2.24, 2.45) is 0 Å². The lowest BCUT2D eigenvalue weighted by Crippen LogP contribution is -2.54. The summed E-state index contributed by atoms with van der Waals surface area (Å²) >= 11 is 0. The van der Waals surface area contributed by atoms with Gasteiger partial charge in [-0.05, 0) is 38.8 Å². The highest BCUT2D eigenvalue weighted by molar-refractivity contribution is 6.10. The Bertz CT molecular complexity index is 846. The van der Waals surface area contributed by atoms with Crippen LogP contribution >= 0.6 is 0 Å². The molecule has 140 valence electrons. The molecule has 1 aliphatic carbocycles. The van der Waals surface area contributed by atoms with Crippen molar-refractivity contribution >= 4 is 5.78 Å². The zero-order valence-corrected chi connectivity index (χ0v) is 16.1. The van der Waals surface area contributed by atoms with E-state index in [1.54, 1.807) is 6.92 Å². The molecule has 4 rings (SSSR count). The fourth-order valence-corrected chi connectivity index (χ4v) is 4.03. The molecule has 4 nitrogen and oxygen atoms in total. The zero-order valence-electron chi connectivity index (χ0n) is 16.1. The summed E-state index contributed by atoms with van der Waals surface area (Å²) in [4.78, 5) is 12.9. The molecule has 27 heavy (non-hydrogen) atoms. The first-order chi connectivity index (χ1) is 12.9. The van der Waals surface area contributed by atoms with Gasteiger partial charge in [-0.25, -0.2) is 0 Å². The third-order valence-electron chi connectivity index (χ3n) is 5.26. The third-order valence-corrected chi connectivity index (χ3v) is 5.26. The molecule has 4 heteroatoms. The van der Waals surface area contributed by atoms with Gasteiger partial charge in [0.25, 0.3) is 5.79 Å². The van der Waals surface area contributed by atoms with Gasteiger partial charge in [-0.3, -0.25) is 4.79 Å². The van der Waals surface area contributed by atoms with Crippen LogP contribution in [0.2, 0.25) is 0 Å². The van der Waals surface area contributed by atoms with Crippen LogP contribution in [0.1, 0.15) is 38.8 Å². The number of carbonyl (C=O) groups excluding carboxylic acids is 1. The Morgan fingerprint density at radius 3 is 1.96 bits per heavy atom. The number of rotatable bonds is 4. The van der Waals surface area contributed by atoms with E-state index in [-0.39, 0.29) is 18.0 Å². The maximum atomic E-state index is 12.9. The van der Waals surface area contributed by atoms with Crippen LogP contribution in [0.3, 0.4) is 0 Å². The van der Waals surface area contributed by atoms with Crippen molar-refractivity contribution in [3.05, 3.63) is 83.1 Å². The minimum absolute atomic E-state index is 0.0779. The van der Waals surface area contributed by atoms with E-state index in [1.165, 1.54) is 0 Å². The number of hydrogen-bond acceptors (Lipinski definition) is 4. The summed E-state index contributed by atoms with van der Waals surface area (Å²) in [6.07, 6.45) is -0.462. The molecule has 2 aliphatic rings. The smallest absolute Gasteiger partial charge is 0.295 e. The van der Waals surface area contributed by atoms with Gasteiger partial charge in [0, 0.05) is 5.57 Å². The predicted molar refractivity (Wildman–Crippen MR) is 102 cm³/mol. The van der Waals surface area contributed by atoms with E-state index in [0.29, 0.717) is 11.3 Å². The van der Waals surface area contributed by atoms with E-state index < -0.39 is 11.4 Å². The van der Waals surface area contributed by atoms with E-state index in [4.69, 9.17) is 14.2 Å². The molecule has 2 aromatic rings. The maximum Gasteiger partial charge on any atom is 0.295 e. The Morgan fingerprint density at radius 1 is 0.963 bits per heavy atom. The second kappa shape index (κ2) is 6.32. The zero-order chi connectivity index (χ0) is 19.2. The van der Waals surface area contributed by atoms with Crippen LogP contribution in [0, 0.1) is 0 Å². The molecule has 0 bridgehead atoms. The molecular formula is C23H24O4. The fourth-order valence-electron chi connectivity index (χ4n) is 4.03. The summed E-state index contributed by atoms with van der Waals surface area (Å²) in [7, 11) is 0. The first kappa shape index (κ1) is 18.0. The average molecular weight is 364 g/mol. The molecule has 0 radical (unpaired) electrons. The van der Waals surface area contributed by atoms with Crippen LogP contribution in [0.5, 0.6) is 0 Å². The van der Waals surface area contributed by atoms with Crippen LogP contribution in [0.4, 0.5) is 0 Å². The monoisotopic (exact) mass is 364 g/mol. The van der Waals surface area contributed by atoms with Crippen molar-refractivity contribution < 1.29 is 19.0 Å². The minimum Gasteiger partial charge on any atom is -0.489 e. The fraction of sp³-hybridized carbons (Fsp3) is 0.348. The SMILES string of the molecule is CC1=C(OC(C)C)[C@]2(O[C@@H](C)C(c3ccccc3)(c3ccccc3)O2)C1=O. The summed E-state index contributed by atoms with van der Waals surface area (Å²) in [6.45, 7) is 7.56. The standard InChI is InChI=1S/C23H24O4/c1-15(2)25-21-16(3)20(24)23(21)26-17(4)22(27-23,18-11-7-5-8-12-18)19-13-9-6-10-14-19/h5-15,17H,1-4H3/t17-,23-/m0/s1. The lowest BCUT2D eigenvalue weighted by Gasteiger charge is -2.40. The van der Waals surface area contributed by atoms with Gasteiger partial charge in [-0.1, -0.05) is 60.7 Å². The van der Waals surface area contributed by atoms with Gasteiger partial charge in [0.1, 0.15) is 5.60 Å². The second-order valence-electron chi connectivity index (χ2n) is 7.40. The number of benzene rings is 2. The summed E-state index contributed by atoms with van der Waals surface area (Å²) in [5, 5.41) is 0. The van der Waals surface area contributed by atoms with Gasteiger partial charge in [-0.2, -0.15) is 0 Å². The number of ether oxygens (including phenoxy) is 3. The number of hydrogen-bond donors (Lipinski definition) is 0. The van der Waals surface area contributed by atoms with Gasteiger partial charge in [0.15, 0.2) is 5.76 Å². The van der Waals surface area contributed by atoms with Gasteiger partial charge < -0.3 is 14.2 Å². The quantitative estimate of drug-likeness (QED) is 0.809. The lowest BCUT2D eigenvalue weighted by molar-refractivity contribution is -0.203. The number of ketones is 1. The van der Waals surface area contributed by atoms with E-state index in [0.717, 1.165) is 11.1 Å². The van der Waals surface area contributed by atoms with Crippen molar-refractivity contribution in [1.29, 1.82) is 0 Å². The van der Waals surface area contributed by atoms with E-state index in [9.17, 15) is 4.79 Å². The topological polar surface area (TPSA) is 44.8 Å². The molecule has 0 N–H and O–H groups in total. The molecule has 1 saturated heterocycles. The Labute approximate surface area is 159 Å². The summed E-state index contributed by atoms with van der Waals surface area (Å²) in [5.41, 5.74) is 1.56. The molecule has 2 atom stereocenters. The molecule has 0 aromatic heterocycles. The second-order valence-corrected chi connectivity index (χ2v) is 7.40. The summed E-state index contributed by atoms with van der Waals surface area (Å²) < 4.78 is 18.8. The van der Waals surface area contributed by atoms with Gasteiger partial charge >= 0.3 is 0 Å². The molecule has 0 amide bonds. The first-order valence-corrected chi connectivity index (χ1v) is 9.33. The minimum atomic E-state index is -1.47. The van der Waals surface area contributed by atoms with Crippen LogP contribution < -0.4 is 0 Å². The normalized spacial score (nSPS) is 26.6. The first-order valence-electron chi connectivity index (χ1n) is 9.33. The van der Waals surface area contributed by atoms with Crippen molar-refractivity contribution in [1.82, 2.24) is 0 Å². The maximum absolute atomic E-state index is 12.9. The predicted octanol–water partition coefficient (Wildman–Crippen LogP) is 4.34. The summed E-state index contributed by atoms with van der Waals surface area (Å²) in [5.74, 6) is -1.15. The Hall–Kier alpha value is -2.43. The van der Waals surface area contributed by atoms with E-state index in [2.05, 4.69) is 0 Å². The Morgan fingerprint density at radius 2 is 1.48 bits per heavy atom. The molecular weight excluding hydrogens is 340 g/mol. The molecule has 2 aromatic carbocycles. The van der Waals surface area contributed by atoms with Crippen LogP contribution in [-0.2, 0) is 24.6 Å². The lowest BCUT2D eigenvalue weighted by atomic mass is 9.82. The highest BCUT2D eigenvalue weighted by Crippen LogP contribution is 2.55. The Kier molecular flexibility index (Phi) is 4.21. The number of Topliss-reactive ketones (excluding diaryl/α,β-unsaturated/α-hetero) is 1. The molecule has 1 aliphatic heterocycles. The van der Waals surface area contributed by atoms with Crippen LogP contribution in [-0.4, -0.2) is 23.8 Å². The molecule has 0 saturated carbocycles. The van der Waals surface area contributed by atoms with Crippen LogP contribution in [0.15, 0.2) is 72.0 Å². The van der Waals surface area contributed by atoms with Crippen LogP contribution in [0.25, 0.3) is 0 Å². The van der Waals surface area contributed by atoms with Gasteiger partial charge in [-0.15, -0.1) is 0 Å². The average Bonchev–Trinajstić information content (AvgIpc) is 3.03. The molecule has 1 fully saturated rings. The van der Waals surface area contributed by atoms with E-state index in [1.807, 2.05) is 81.4 Å². The largest absolute Gasteiger partial charge is 0.489 e. The van der Waals surface area contributed by atoms with Crippen molar-refractivity contribution in [2.75, 3.05) is 0 Å². The van der Waals surface area contributed by atoms with Crippen molar-refractivity contribution in [3.63, 3.8) is 0 Å². The highest BCUT2D eigenvalue weighted by Gasteiger charge is 2.68. The molecule has 1 spiro atoms. The van der Waals surface area contributed by atoms with Crippen molar-refractivity contribution in [3.8, 4) is 0 Å². The molecule has 1 heterocycles.